The molecule has 26 heavy (non-hydrogen) atoms. The number of amides is 1. The van der Waals surface area contributed by atoms with E-state index in [0.717, 1.165) is 23.7 Å². The van der Waals surface area contributed by atoms with E-state index in [1.54, 1.807) is 18.5 Å². The predicted octanol–water partition coefficient (Wildman–Crippen LogP) is 4.51. The number of benzene rings is 1. The molecule has 0 atom stereocenters. The highest BCUT2D eigenvalue weighted by molar-refractivity contribution is 5.99. The number of fused-ring (bicyclic) bond motifs is 1. The molecule has 1 aromatic carbocycles. The standard InChI is InChI=1S/C21H26N4O/c1-2-3-4-5-6-9-13-22-20(26)19-16-17-11-7-8-12-18(17)25(19)21-23-14-10-15-24-21/h7-8,10-12,14-16H,2-6,9,13H2,1H3,(H,22,26). The zero-order valence-corrected chi connectivity index (χ0v) is 15.3. The van der Waals surface area contributed by atoms with Gasteiger partial charge in [0.1, 0.15) is 5.69 Å². The number of hydrogen-bond acceptors (Lipinski definition) is 3. The molecule has 0 aliphatic rings. The van der Waals surface area contributed by atoms with E-state index in [9.17, 15) is 4.79 Å². The molecule has 136 valence electrons. The fraction of sp³-hybridized carbons (Fsp3) is 0.381. The molecule has 0 spiro atoms. The van der Waals surface area contributed by atoms with Gasteiger partial charge in [-0.1, -0.05) is 57.2 Å². The molecule has 0 saturated carbocycles. The van der Waals surface area contributed by atoms with Crippen molar-refractivity contribution in [3.05, 3.63) is 54.5 Å². The van der Waals surface area contributed by atoms with Crippen molar-refractivity contribution in [2.45, 2.75) is 45.4 Å². The summed E-state index contributed by atoms with van der Waals surface area (Å²) in [6.45, 7) is 2.91. The van der Waals surface area contributed by atoms with Gasteiger partial charge in [-0.3, -0.25) is 9.36 Å². The van der Waals surface area contributed by atoms with Gasteiger partial charge in [0.25, 0.3) is 5.91 Å². The number of carbonyl (C=O) groups excluding carboxylic acids is 1. The molecule has 0 bridgehead atoms. The average Bonchev–Trinajstić information content (AvgIpc) is 3.07. The van der Waals surface area contributed by atoms with Crippen LogP contribution in [0.5, 0.6) is 0 Å². The zero-order valence-electron chi connectivity index (χ0n) is 15.3. The maximum absolute atomic E-state index is 12.8. The summed E-state index contributed by atoms with van der Waals surface area (Å²) in [5.41, 5.74) is 1.51. The summed E-state index contributed by atoms with van der Waals surface area (Å²) in [6, 6.07) is 11.6. The lowest BCUT2D eigenvalue weighted by atomic mass is 10.1. The minimum absolute atomic E-state index is 0.0813. The highest BCUT2D eigenvalue weighted by Crippen LogP contribution is 2.22. The lowest BCUT2D eigenvalue weighted by Crippen LogP contribution is -2.26. The molecule has 0 unspecified atom stereocenters. The second-order valence-electron chi connectivity index (χ2n) is 6.50. The van der Waals surface area contributed by atoms with Crippen LogP contribution in [0.1, 0.15) is 55.9 Å². The highest BCUT2D eigenvalue weighted by atomic mass is 16.1. The molecule has 2 aromatic heterocycles. The summed E-state index contributed by atoms with van der Waals surface area (Å²) in [6.07, 6.45) is 10.6. The van der Waals surface area contributed by atoms with Crippen LogP contribution in [0.2, 0.25) is 0 Å². The first-order valence-electron chi connectivity index (χ1n) is 9.47. The molecule has 5 nitrogen and oxygen atoms in total. The monoisotopic (exact) mass is 350 g/mol. The van der Waals surface area contributed by atoms with E-state index in [0.29, 0.717) is 18.2 Å². The number of nitrogens with one attached hydrogen (secondary N) is 1. The highest BCUT2D eigenvalue weighted by Gasteiger charge is 2.17. The molecule has 3 rings (SSSR count). The second-order valence-corrected chi connectivity index (χ2v) is 6.50. The van der Waals surface area contributed by atoms with Crippen molar-refractivity contribution in [2.75, 3.05) is 6.54 Å². The maximum Gasteiger partial charge on any atom is 0.268 e. The molecule has 0 fully saturated rings. The third-order valence-corrected chi connectivity index (χ3v) is 4.51. The van der Waals surface area contributed by atoms with E-state index in [4.69, 9.17) is 0 Å². The van der Waals surface area contributed by atoms with Gasteiger partial charge in [0.15, 0.2) is 0 Å². The van der Waals surface area contributed by atoms with Crippen LogP contribution in [-0.2, 0) is 0 Å². The Balaban J connectivity index is 1.72. The minimum atomic E-state index is -0.0813. The van der Waals surface area contributed by atoms with Crippen molar-refractivity contribution in [2.24, 2.45) is 0 Å². The van der Waals surface area contributed by atoms with Gasteiger partial charge in [0.05, 0.1) is 5.52 Å². The molecule has 1 amide bonds. The largest absolute Gasteiger partial charge is 0.351 e. The van der Waals surface area contributed by atoms with E-state index >= 15 is 0 Å². The number of carbonyl (C=O) groups is 1. The summed E-state index contributed by atoms with van der Waals surface area (Å²) in [4.78, 5) is 21.4. The predicted molar refractivity (Wildman–Crippen MR) is 105 cm³/mol. The van der Waals surface area contributed by atoms with Gasteiger partial charge < -0.3 is 5.32 Å². The van der Waals surface area contributed by atoms with Crippen molar-refractivity contribution < 1.29 is 4.79 Å². The quantitative estimate of drug-likeness (QED) is 0.578. The van der Waals surface area contributed by atoms with Gasteiger partial charge in [0.2, 0.25) is 5.95 Å². The molecule has 0 aliphatic heterocycles. The van der Waals surface area contributed by atoms with Crippen LogP contribution in [0.4, 0.5) is 0 Å². The van der Waals surface area contributed by atoms with Crippen LogP contribution in [0.25, 0.3) is 16.9 Å². The number of unbranched alkanes of at least 4 members (excludes halogenated alkanes) is 5. The molecular formula is C21H26N4O. The molecule has 0 aliphatic carbocycles. The van der Waals surface area contributed by atoms with E-state index in [2.05, 4.69) is 22.2 Å². The first-order valence-corrected chi connectivity index (χ1v) is 9.47. The first kappa shape index (κ1) is 18.1. The van der Waals surface area contributed by atoms with E-state index in [-0.39, 0.29) is 5.91 Å². The number of para-hydroxylation sites is 1. The molecule has 3 aromatic rings. The van der Waals surface area contributed by atoms with Crippen molar-refractivity contribution >= 4 is 16.8 Å². The number of nitrogens with zero attached hydrogens (tertiary/aromatic N) is 3. The van der Waals surface area contributed by atoms with Crippen LogP contribution in [-0.4, -0.2) is 27.0 Å². The van der Waals surface area contributed by atoms with E-state index < -0.39 is 0 Å². The second kappa shape index (κ2) is 9.13. The van der Waals surface area contributed by atoms with Gasteiger partial charge in [-0.25, -0.2) is 9.97 Å². The SMILES string of the molecule is CCCCCCCCNC(=O)c1cc2ccccc2n1-c1ncccn1. The van der Waals surface area contributed by atoms with Crippen molar-refractivity contribution in [1.29, 1.82) is 0 Å². The fourth-order valence-corrected chi connectivity index (χ4v) is 3.14. The molecule has 0 radical (unpaired) electrons. The molecule has 2 heterocycles. The van der Waals surface area contributed by atoms with E-state index in [1.165, 1.54) is 25.7 Å². The first-order chi connectivity index (χ1) is 12.8. The van der Waals surface area contributed by atoms with Gasteiger partial charge in [-0.15, -0.1) is 0 Å². The van der Waals surface area contributed by atoms with Crippen LogP contribution >= 0.6 is 0 Å². The van der Waals surface area contributed by atoms with Crippen molar-refractivity contribution in [3.63, 3.8) is 0 Å². The maximum atomic E-state index is 12.8. The Morgan fingerprint density at radius 3 is 2.54 bits per heavy atom. The van der Waals surface area contributed by atoms with Gasteiger partial charge >= 0.3 is 0 Å². The topological polar surface area (TPSA) is 59.8 Å². The summed E-state index contributed by atoms with van der Waals surface area (Å²) in [5, 5.41) is 4.05. The third kappa shape index (κ3) is 4.28. The zero-order chi connectivity index (χ0) is 18.2. The molecular weight excluding hydrogens is 324 g/mol. The van der Waals surface area contributed by atoms with Crippen LogP contribution in [0, 0.1) is 0 Å². The average molecular weight is 350 g/mol. The normalized spacial score (nSPS) is 11.0. The van der Waals surface area contributed by atoms with Crippen LogP contribution in [0.15, 0.2) is 48.8 Å². The van der Waals surface area contributed by atoms with Crippen molar-refractivity contribution in [1.82, 2.24) is 19.9 Å². The Labute approximate surface area is 154 Å². The number of hydrogen-bond donors (Lipinski definition) is 1. The summed E-state index contributed by atoms with van der Waals surface area (Å²) in [7, 11) is 0. The molecule has 0 saturated heterocycles. The minimum Gasteiger partial charge on any atom is -0.351 e. The number of aromatic nitrogens is 3. The summed E-state index contributed by atoms with van der Waals surface area (Å²) in [5.74, 6) is 0.431. The molecule has 1 N–H and O–H groups in total. The smallest absolute Gasteiger partial charge is 0.268 e. The third-order valence-electron chi connectivity index (χ3n) is 4.51. The van der Waals surface area contributed by atoms with Gasteiger partial charge in [-0.05, 0) is 24.6 Å². The van der Waals surface area contributed by atoms with Crippen molar-refractivity contribution in [3.8, 4) is 5.95 Å². The lowest BCUT2D eigenvalue weighted by molar-refractivity contribution is 0.0946. The van der Waals surface area contributed by atoms with E-state index in [1.807, 2.05) is 34.9 Å². The Hall–Kier alpha value is -2.69. The van der Waals surface area contributed by atoms with Crippen LogP contribution in [0.3, 0.4) is 0 Å². The Bertz CT molecular complexity index is 842. The lowest BCUT2D eigenvalue weighted by Gasteiger charge is -2.09. The summed E-state index contributed by atoms with van der Waals surface area (Å²) < 4.78 is 1.83. The van der Waals surface area contributed by atoms with Gasteiger partial charge in [0, 0.05) is 24.3 Å². The Morgan fingerprint density at radius 2 is 1.73 bits per heavy atom. The summed E-state index contributed by atoms with van der Waals surface area (Å²) >= 11 is 0. The Kier molecular flexibility index (Phi) is 6.36. The Morgan fingerprint density at radius 1 is 1.00 bits per heavy atom. The van der Waals surface area contributed by atoms with Gasteiger partial charge in [-0.2, -0.15) is 0 Å². The molecule has 5 heteroatoms. The fourth-order valence-electron chi connectivity index (χ4n) is 3.14. The number of rotatable bonds is 9. The van der Waals surface area contributed by atoms with Crippen LogP contribution < -0.4 is 5.32 Å².